The van der Waals surface area contributed by atoms with Crippen molar-refractivity contribution in [1.82, 2.24) is 4.98 Å². The molecule has 4 nitrogen and oxygen atoms in total. The maximum Gasteiger partial charge on any atom is 0.329 e. The Morgan fingerprint density at radius 1 is 1.82 bits per heavy atom. The van der Waals surface area contributed by atoms with Gasteiger partial charge in [-0.25, -0.2) is 9.78 Å². The molecule has 1 aromatic heterocycles. The van der Waals surface area contributed by atoms with E-state index in [-0.39, 0.29) is 0 Å². The van der Waals surface area contributed by atoms with Gasteiger partial charge in [0.25, 0.3) is 0 Å². The molecule has 0 saturated heterocycles. The van der Waals surface area contributed by atoms with Crippen LogP contribution in [0.1, 0.15) is 0 Å². The number of methoxy groups -OCH3 is 1. The molecule has 0 unspecified atom stereocenters. The Labute approximate surface area is 64.5 Å². The molecule has 0 aliphatic carbocycles. The van der Waals surface area contributed by atoms with Crippen molar-refractivity contribution in [1.29, 1.82) is 0 Å². The van der Waals surface area contributed by atoms with Crippen molar-refractivity contribution >= 4 is 5.97 Å². The van der Waals surface area contributed by atoms with Crippen LogP contribution in [0.4, 0.5) is 0 Å². The molecule has 11 heavy (non-hydrogen) atoms. The second-order valence-corrected chi connectivity index (χ2v) is 1.40. The molecular weight excluding hydrogens is 146 g/mol. The smallest absolute Gasteiger partial charge is 0.329 e. The van der Waals surface area contributed by atoms with E-state index in [2.05, 4.69) is 20.7 Å². The highest BCUT2D eigenvalue weighted by atomic mass is 16.5. The van der Waals surface area contributed by atoms with Crippen LogP contribution in [0.15, 0.2) is 35.9 Å². The Bertz CT molecular complexity index is 176. The zero-order valence-electron chi connectivity index (χ0n) is 6.19. The topological polar surface area (TPSA) is 52.3 Å². The molecule has 0 bridgehead atoms. The van der Waals surface area contributed by atoms with Crippen LogP contribution in [-0.4, -0.2) is 18.1 Å². The lowest BCUT2D eigenvalue weighted by Crippen LogP contribution is -1.91. The van der Waals surface area contributed by atoms with Gasteiger partial charge in [-0.2, -0.15) is 0 Å². The van der Waals surface area contributed by atoms with E-state index in [4.69, 9.17) is 0 Å². The lowest BCUT2D eigenvalue weighted by molar-refractivity contribution is -0.134. The fraction of sp³-hybridized carbons (Fsp3) is 0.143. The van der Waals surface area contributed by atoms with Crippen molar-refractivity contribution in [3.8, 4) is 0 Å². The standard InChI is InChI=1S/C4H6O2.C3H3NO/c1-3-4(5)6-2;1-2-5-3-4-1/h3H,1H2,2H3;1-3H. The highest BCUT2D eigenvalue weighted by Gasteiger charge is 1.81. The summed E-state index contributed by atoms with van der Waals surface area (Å²) in [6, 6.07) is 0. The van der Waals surface area contributed by atoms with E-state index in [1.807, 2.05) is 0 Å². The molecule has 60 valence electrons. The Hall–Kier alpha value is -1.58. The van der Waals surface area contributed by atoms with Crippen molar-refractivity contribution in [2.75, 3.05) is 7.11 Å². The van der Waals surface area contributed by atoms with Crippen molar-refractivity contribution in [2.45, 2.75) is 0 Å². The van der Waals surface area contributed by atoms with Gasteiger partial charge in [0, 0.05) is 6.08 Å². The molecule has 0 aromatic carbocycles. The summed E-state index contributed by atoms with van der Waals surface area (Å²) < 4.78 is 8.61. The molecule has 4 heteroatoms. The molecule has 0 aliphatic heterocycles. The van der Waals surface area contributed by atoms with Gasteiger partial charge in [-0.1, -0.05) is 6.58 Å². The minimum absolute atomic E-state index is 0.394. The number of oxazole rings is 1. The number of esters is 1. The van der Waals surface area contributed by atoms with Gasteiger partial charge in [0.05, 0.1) is 13.3 Å². The highest BCUT2D eigenvalue weighted by molar-refractivity contribution is 5.80. The Morgan fingerprint density at radius 3 is 2.64 bits per heavy atom. The Morgan fingerprint density at radius 2 is 2.55 bits per heavy atom. The van der Waals surface area contributed by atoms with Gasteiger partial charge in [0.1, 0.15) is 6.26 Å². The summed E-state index contributed by atoms with van der Waals surface area (Å²) in [5, 5.41) is 0. The van der Waals surface area contributed by atoms with Gasteiger partial charge < -0.3 is 9.15 Å². The third-order valence-electron chi connectivity index (χ3n) is 0.715. The maximum absolute atomic E-state index is 9.84. The van der Waals surface area contributed by atoms with Gasteiger partial charge in [0.15, 0.2) is 6.39 Å². The lowest BCUT2D eigenvalue weighted by atomic mass is 10.7. The number of aromatic nitrogens is 1. The SMILES string of the molecule is C=CC(=O)OC.c1cocn1. The second-order valence-electron chi connectivity index (χ2n) is 1.40. The fourth-order valence-corrected chi connectivity index (χ4v) is 0.259. The van der Waals surface area contributed by atoms with Crippen molar-refractivity contribution in [2.24, 2.45) is 0 Å². The molecular formula is C7H9NO3. The highest BCUT2D eigenvalue weighted by Crippen LogP contribution is 1.72. The van der Waals surface area contributed by atoms with E-state index >= 15 is 0 Å². The van der Waals surface area contributed by atoms with Gasteiger partial charge in [-0.15, -0.1) is 0 Å². The van der Waals surface area contributed by atoms with Gasteiger partial charge in [-0.05, 0) is 0 Å². The van der Waals surface area contributed by atoms with Crippen LogP contribution in [0.25, 0.3) is 0 Å². The number of ether oxygens (including phenoxy) is 1. The normalized spacial score (nSPS) is 7.36. The molecule has 0 saturated carbocycles. The van der Waals surface area contributed by atoms with E-state index in [1.165, 1.54) is 19.8 Å². The molecule has 1 aromatic rings. The largest absolute Gasteiger partial charge is 0.466 e. The van der Waals surface area contributed by atoms with Crippen molar-refractivity contribution in [3.05, 3.63) is 31.5 Å². The monoisotopic (exact) mass is 155 g/mol. The predicted octanol–water partition coefficient (Wildman–Crippen LogP) is 1.02. The first-order chi connectivity index (χ1) is 5.31. The zero-order valence-corrected chi connectivity index (χ0v) is 6.19. The van der Waals surface area contributed by atoms with E-state index in [1.54, 1.807) is 6.20 Å². The molecule has 0 N–H and O–H groups in total. The lowest BCUT2D eigenvalue weighted by Gasteiger charge is -1.83. The van der Waals surface area contributed by atoms with E-state index in [0.29, 0.717) is 0 Å². The number of hydrogen-bond acceptors (Lipinski definition) is 4. The Balaban J connectivity index is 0.000000183. The van der Waals surface area contributed by atoms with Gasteiger partial charge in [-0.3, -0.25) is 0 Å². The maximum atomic E-state index is 9.84. The third-order valence-corrected chi connectivity index (χ3v) is 0.715. The van der Waals surface area contributed by atoms with Gasteiger partial charge in [0.2, 0.25) is 0 Å². The number of nitrogens with zero attached hydrogens (tertiary/aromatic N) is 1. The summed E-state index contributed by atoms with van der Waals surface area (Å²) in [6.07, 6.45) is 5.58. The number of rotatable bonds is 1. The van der Waals surface area contributed by atoms with Crippen LogP contribution in [0.5, 0.6) is 0 Å². The quantitative estimate of drug-likeness (QED) is 0.448. The zero-order chi connectivity index (χ0) is 8.53. The minimum Gasteiger partial charge on any atom is -0.466 e. The van der Waals surface area contributed by atoms with E-state index in [9.17, 15) is 4.79 Å². The molecule has 1 heterocycles. The number of carbonyl (C=O) groups excluding carboxylic acids is 1. The molecule has 0 atom stereocenters. The first kappa shape index (κ1) is 9.42. The number of carbonyl (C=O) groups is 1. The average molecular weight is 155 g/mol. The average Bonchev–Trinajstić information content (AvgIpc) is 2.60. The van der Waals surface area contributed by atoms with Gasteiger partial charge >= 0.3 is 5.97 Å². The van der Waals surface area contributed by atoms with Crippen LogP contribution in [0.2, 0.25) is 0 Å². The summed E-state index contributed by atoms with van der Waals surface area (Å²) in [5.41, 5.74) is 0. The molecule has 1 rings (SSSR count). The molecule has 0 spiro atoms. The van der Waals surface area contributed by atoms with Crippen LogP contribution in [0, 0.1) is 0 Å². The second kappa shape index (κ2) is 6.54. The Kier molecular flexibility index (Phi) is 5.60. The van der Waals surface area contributed by atoms with Crippen LogP contribution in [0.3, 0.4) is 0 Å². The van der Waals surface area contributed by atoms with Crippen LogP contribution < -0.4 is 0 Å². The summed E-state index contributed by atoms with van der Waals surface area (Å²) in [7, 11) is 1.31. The first-order valence-electron chi connectivity index (χ1n) is 2.83. The molecule has 0 aliphatic rings. The van der Waals surface area contributed by atoms with Crippen molar-refractivity contribution < 1.29 is 13.9 Å². The fourth-order valence-electron chi connectivity index (χ4n) is 0.259. The minimum atomic E-state index is -0.394. The molecule has 0 fully saturated rings. The summed E-state index contributed by atoms with van der Waals surface area (Å²) >= 11 is 0. The summed E-state index contributed by atoms with van der Waals surface area (Å²) in [5.74, 6) is -0.394. The van der Waals surface area contributed by atoms with Crippen molar-refractivity contribution in [3.63, 3.8) is 0 Å². The summed E-state index contributed by atoms with van der Waals surface area (Å²) in [6.45, 7) is 3.16. The predicted molar refractivity (Wildman–Crippen MR) is 38.7 cm³/mol. The number of hydrogen-bond donors (Lipinski definition) is 0. The molecule has 0 radical (unpaired) electrons. The van der Waals surface area contributed by atoms with Crippen LogP contribution >= 0.6 is 0 Å². The van der Waals surface area contributed by atoms with E-state index < -0.39 is 5.97 Å². The first-order valence-corrected chi connectivity index (χ1v) is 2.83. The van der Waals surface area contributed by atoms with Crippen LogP contribution in [-0.2, 0) is 9.53 Å². The van der Waals surface area contributed by atoms with E-state index in [0.717, 1.165) is 6.08 Å². The third kappa shape index (κ3) is 6.30. The summed E-state index contributed by atoms with van der Waals surface area (Å²) in [4.78, 5) is 13.4. The molecule has 0 amide bonds.